The minimum Gasteiger partial charge on any atom is -0.357 e. The first-order valence-corrected chi connectivity index (χ1v) is 9.73. The fourth-order valence-electron chi connectivity index (χ4n) is 3.56. The van der Waals surface area contributed by atoms with Crippen LogP contribution in [-0.2, 0) is 0 Å². The van der Waals surface area contributed by atoms with Gasteiger partial charge in [0.25, 0.3) is 0 Å². The van der Waals surface area contributed by atoms with E-state index in [1.165, 1.54) is 25.5 Å². The van der Waals surface area contributed by atoms with Crippen LogP contribution in [0.1, 0.15) is 38.3 Å². The molecule has 7 heteroatoms. The van der Waals surface area contributed by atoms with E-state index in [0.29, 0.717) is 12.6 Å². The van der Waals surface area contributed by atoms with Crippen molar-refractivity contribution < 1.29 is 4.39 Å². The van der Waals surface area contributed by atoms with Crippen molar-refractivity contribution in [3.8, 4) is 0 Å². The molecule has 0 amide bonds. The van der Waals surface area contributed by atoms with Crippen LogP contribution < -0.4 is 10.6 Å². The van der Waals surface area contributed by atoms with Gasteiger partial charge in [0.15, 0.2) is 5.96 Å². The largest absolute Gasteiger partial charge is 0.357 e. The molecule has 0 aromatic heterocycles. The van der Waals surface area contributed by atoms with Crippen LogP contribution in [0, 0.1) is 5.82 Å². The van der Waals surface area contributed by atoms with Gasteiger partial charge in [0.05, 0.1) is 12.6 Å². The summed E-state index contributed by atoms with van der Waals surface area (Å²) in [5, 5.41) is 6.81. The number of likely N-dealkylation sites (N-methyl/N-ethyl adjacent to an activating group) is 2. The molecule has 27 heavy (non-hydrogen) atoms. The third kappa shape index (κ3) is 7.54. The Bertz CT molecular complexity index is 581. The molecular formula is C20H35FIN5. The quantitative estimate of drug-likeness (QED) is 0.333. The average Bonchev–Trinajstić information content (AvgIpc) is 3.07. The van der Waals surface area contributed by atoms with Crippen molar-refractivity contribution in [3.05, 3.63) is 35.6 Å². The minimum atomic E-state index is -0.204. The third-order valence-electron chi connectivity index (χ3n) is 5.03. The summed E-state index contributed by atoms with van der Waals surface area (Å²) in [6, 6.07) is 7.41. The molecule has 1 heterocycles. The maximum atomic E-state index is 13.6. The Labute approximate surface area is 180 Å². The van der Waals surface area contributed by atoms with Gasteiger partial charge in [-0.15, -0.1) is 24.0 Å². The van der Waals surface area contributed by atoms with Gasteiger partial charge in [-0.05, 0) is 64.6 Å². The lowest BCUT2D eigenvalue weighted by Gasteiger charge is -2.25. The monoisotopic (exact) mass is 491 g/mol. The van der Waals surface area contributed by atoms with Crippen LogP contribution in [0.3, 0.4) is 0 Å². The van der Waals surface area contributed by atoms with Gasteiger partial charge >= 0.3 is 0 Å². The zero-order valence-electron chi connectivity index (χ0n) is 17.0. The highest BCUT2D eigenvalue weighted by Gasteiger charge is 2.23. The maximum Gasteiger partial charge on any atom is 0.191 e. The fraction of sp³-hybridized carbons (Fsp3) is 0.650. The molecule has 1 fully saturated rings. The van der Waals surface area contributed by atoms with Crippen molar-refractivity contribution in [2.75, 3.05) is 46.8 Å². The highest BCUT2D eigenvalue weighted by atomic mass is 127. The van der Waals surface area contributed by atoms with Crippen molar-refractivity contribution in [1.29, 1.82) is 0 Å². The molecule has 2 N–H and O–H groups in total. The standard InChI is InChI=1S/C20H34FN5.HI/c1-5-22-20(23-14-18-11-8-12-26(18)6-2)24-15-19(25(3)4)16-9-7-10-17(21)13-16;/h7,9-10,13,18-19H,5-6,8,11-12,14-15H2,1-4H3,(H2,22,23,24);1H. The molecular weight excluding hydrogens is 456 g/mol. The second-order valence-electron chi connectivity index (χ2n) is 7.06. The SMILES string of the molecule is CCNC(=NCC(c1cccc(F)c1)N(C)C)NCC1CCCN1CC.I. The van der Waals surface area contributed by atoms with Crippen molar-refractivity contribution in [2.24, 2.45) is 4.99 Å². The molecule has 2 rings (SSSR count). The zero-order valence-corrected chi connectivity index (χ0v) is 19.4. The van der Waals surface area contributed by atoms with Crippen LogP contribution in [-0.4, -0.2) is 68.6 Å². The number of guanidine groups is 1. The third-order valence-corrected chi connectivity index (χ3v) is 5.03. The van der Waals surface area contributed by atoms with E-state index in [-0.39, 0.29) is 35.8 Å². The number of rotatable bonds is 8. The average molecular weight is 491 g/mol. The smallest absolute Gasteiger partial charge is 0.191 e. The molecule has 0 radical (unpaired) electrons. The molecule has 1 aliphatic heterocycles. The Hall–Kier alpha value is -0.930. The number of nitrogens with zero attached hydrogens (tertiary/aromatic N) is 3. The van der Waals surface area contributed by atoms with E-state index in [1.807, 2.05) is 20.2 Å². The lowest BCUT2D eigenvalue weighted by atomic mass is 10.1. The van der Waals surface area contributed by atoms with Crippen LogP contribution in [0.5, 0.6) is 0 Å². The van der Waals surface area contributed by atoms with Crippen molar-refractivity contribution in [3.63, 3.8) is 0 Å². The van der Waals surface area contributed by atoms with Gasteiger partial charge in [-0.1, -0.05) is 19.1 Å². The summed E-state index contributed by atoms with van der Waals surface area (Å²) >= 11 is 0. The predicted octanol–water partition coefficient (Wildman–Crippen LogP) is 3.09. The van der Waals surface area contributed by atoms with E-state index in [4.69, 9.17) is 4.99 Å². The van der Waals surface area contributed by atoms with E-state index < -0.39 is 0 Å². The summed E-state index contributed by atoms with van der Waals surface area (Å²) in [4.78, 5) is 9.37. The summed E-state index contributed by atoms with van der Waals surface area (Å²) in [5.41, 5.74) is 0.947. The Morgan fingerprint density at radius 3 is 2.74 bits per heavy atom. The molecule has 2 unspecified atom stereocenters. The van der Waals surface area contributed by atoms with Crippen molar-refractivity contribution >= 4 is 29.9 Å². The minimum absolute atomic E-state index is 0. The van der Waals surface area contributed by atoms with E-state index in [1.54, 1.807) is 12.1 Å². The van der Waals surface area contributed by atoms with Crippen molar-refractivity contribution in [1.82, 2.24) is 20.4 Å². The number of hydrogen-bond donors (Lipinski definition) is 2. The molecule has 1 aromatic carbocycles. The van der Waals surface area contributed by atoms with Gasteiger partial charge in [0.1, 0.15) is 5.82 Å². The number of likely N-dealkylation sites (tertiary alicyclic amines) is 1. The normalized spacial score (nSPS) is 19.0. The van der Waals surface area contributed by atoms with Crippen LogP contribution in [0.25, 0.3) is 0 Å². The summed E-state index contributed by atoms with van der Waals surface area (Å²) in [6.45, 7) is 8.89. The highest BCUT2D eigenvalue weighted by molar-refractivity contribution is 14.0. The van der Waals surface area contributed by atoms with Gasteiger partial charge in [0.2, 0.25) is 0 Å². The van der Waals surface area contributed by atoms with E-state index in [2.05, 4.69) is 34.3 Å². The summed E-state index contributed by atoms with van der Waals surface area (Å²) in [7, 11) is 4.01. The number of nitrogens with one attached hydrogen (secondary N) is 2. The number of halogens is 2. The van der Waals surface area contributed by atoms with E-state index in [9.17, 15) is 4.39 Å². The molecule has 0 saturated carbocycles. The lowest BCUT2D eigenvalue weighted by Crippen LogP contribution is -2.45. The Morgan fingerprint density at radius 2 is 2.11 bits per heavy atom. The topological polar surface area (TPSA) is 42.9 Å². The number of hydrogen-bond acceptors (Lipinski definition) is 3. The van der Waals surface area contributed by atoms with Crippen LogP contribution >= 0.6 is 24.0 Å². The molecule has 5 nitrogen and oxygen atoms in total. The van der Waals surface area contributed by atoms with Gasteiger partial charge in [-0.3, -0.25) is 9.89 Å². The predicted molar refractivity (Wildman–Crippen MR) is 122 cm³/mol. The zero-order chi connectivity index (χ0) is 18.9. The molecule has 154 valence electrons. The van der Waals surface area contributed by atoms with Gasteiger partial charge < -0.3 is 15.5 Å². The summed E-state index contributed by atoms with van der Waals surface area (Å²) in [6.07, 6.45) is 2.51. The molecule has 0 bridgehead atoms. The lowest BCUT2D eigenvalue weighted by molar-refractivity contribution is 0.266. The Morgan fingerprint density at radius 1 is 1.33 bits per heavy atom. The Kier molecular flexibility index (Phi) is 11.2. The molecule has 0 aliphatic carbocycles. The van der Waals surface area contributed by atoms with Crippen LogP contribution in [0.2, 0.25) is 0 Å². The molecule has 2 atom stereocenters. The first-order valence-electron chi connectivity index (χ1n) is 9.73. The van der Waals surface area contributed by atoms with Gasteiger partial charge in [-0.2, -0.15) is 0 Å². The van der Waals surface area contributed by atoms with Gasteiger partial charge in [-0.25, -0.2) is 4.39 Å². The van der Waals surface area contributed by atoms with E-state index in [0.717, 1.165) is 31.2 Å². The van der Waals surface area contributed by atoms with Crippen LogP contribution in [0.15, 0.2) is 29.3 Å². The maximum absolute atomic E-state index is 13.6. The number of aliphatic imine (C=N–C) groups is 1. The second kappa shape index (κ2) is 12.5. The molecule has 1 saturated heterocycles. The Balaban J connectivity index is 0.00000364. The molecule has 1 aliphatic rings. The fourth-order valence-corrected chi connectivity index (χ4v) is 3.56. The molecule has 0 spiro atoms. The summed E-state index contributed by atoms with van der Waals surface area (Å²) in [5.74, 6) is 0.628. The van der Waals surface area contributed by atoms with Crippen LogP contribution in [0.4, 0.5) is 4.39 Å². The van der Waals surface area contributed by atoms with Gasteiger partial charge in [0, 0.05) is 19.1 Å². The first kappa shape index (κ1) is 24.1. The first-order chi connectivity index (χ1) is 12.5. The summed E-state index contributed by atoms with van der Waals surface area (Å²) < 4.78 is 13.6. The highest BCUT2D eigenvalue weighted by Crippen LogP contribution is 2.19. The van der Waals surface area contributed by atoms with E-state index >= 15 is 0 Å². The van der Waals surface area contributed by atoms with Crippen molar-refractivity contribution in [2.45, 2.75) is 38.8 Å². The number of benzene rings is 1. The second-order valence-corrected chi connectivity index (χ2v) is 7.06. The molecule has 1 aromatic rings.